The van der Waals surface area contributed by atoms with Crippen molar-refractivity contribution in [1.29, 1.82) is 0 Å². The van der Waals surface area contributed by atoms with Crippen LogP contribution in [0.1, 0.15) is 31.7 Å². The van der Waals surface area contributed by atoms with Gasteiger partial charge >= 0.3 is 0 Å². The number of fused-ring (bicyclic) bond motifs is 1. The maximum Gasteiger partial charge on any atom is 0.252 e. The highest BCUT2D eigenvalue weighted by Crippen LogP contribution is 2.29. The third-order valence-corrected chi connectivity index (χ3v) is 3.23. The molecule has 0 N–H and O–H groups in total. The van der Waals surface area contributed by atoms with E-state index in [9.17, 15) is 8.78 Å². The van der Waals surface area contributed by atoms with Gasteiger partial charge in [-0.05, 0) is 22.8 Å². The minimum Gasteiger partial charge on any atom is -0.207 e. The third-order valence-electron chi connectivity index (χ3n) is 3.23. The van der Waals surface area contributed by atoms with Crippen molar-refractivity contribution in [3.05, 3.63) is 48.0 Å². The van der Waals surface area contributed by atoms with Gasteiger partial charge in [0.15, 0.2) is 0 Å². The maximum absolute atomic E-state index is 13.8. The molecule has 2 aromatic carbocycles. The third kappa shape index (κ3) is 3.06. The molecular weight excluding hydrogens is 230 g/mol. The van der Waals surface area contributed by atoms with Crippen LogP contribution in [0, 0.1) is 0 Å². The molecule has 0 aliphatic carbocycles. The van der Waals surface area contributed by atoms with Gasteiger partial charge < -0.3 is 0 Å². The number of unbranched alkanes of at least 4 members (excludes halogenated alkanes) is 1. The van der Waals surface area contributed by atoms with Crippen LogP contribution >= 0.6 is 0 Å². The SMILES string of the molecule is CCCCC(F)(F)Cc1cccc2ccccc12. The van der Waals surface area contributed by atoms with Gasteiger partial charge in [0.2, 0.25) is 0 Å². The molecule has 18 heavy (non-hydrogen) atoms. The van der Waals surface area contributed by atoms with Crippen molar-refractivity contribution in [2.75, 3.05) is 0 Å². The summed E-state index contributed by atoms with van der Waals surface area (Å²) in [5.74, 6) is -2.60. The second-order valence-electron chi connectivity index (χ2n) is 4.77. The fourth-order valence-corrected chi connectivity index (χ4v) is 2.25. The molecule has 0 aliphatic rings. The van der Waals surface area contributed by atoms with Gasteiger partial charge in [-0.2, -0.15) is 0 Å². The van der Waals surface area contributed by atoms with Crippen LogP contribution < -0.4 is 0 Å². The largest absolute Gasteiger partial charge is 0.252 e. The van der Waals surface area contributed by atoms with Crippen molar-refractivity contribution in [2.45, 2.75) is 38.5 Å². The van der Waals surface area contributed by atoms with E-state index in [4.69, 9.17) is 0 Å². The van der Waals surface area contributed by atoms with Crippen molar-refractivity contribution in [3.8, 4) is 0 Å². The smallest absolute Gasteiger partial charge is 0.207 e. The molecule has 0 unspecified atom stereocenters. The van der Waals surface area contributed by atoms with E-state index in [-0.39, 0.29) is 12.8 Å². The Morgan fingerprint density at radius 3 is 2.50 bits per heavy atom. The summed E-state index contributed by atoms with van der Waals surface area (Å²) in [5, 5.41) is 1.97. The molecule has 0 spiro atoms. The van der Waals surface area contributed by atoms with E-state index in [1.807, 2.05) is 49.4 Å². The first-order valence-electron chi connectivity index (χ1n) is 6.47. The predicted molar refractivity (Wildman–Crippen MR) is 72.1 cm³/mol. The van der Waals surface area contributed by atoms with Crippen LogP contribution in [-0.2, 0) is 6.42 Å². The van der Waals surface area contributed by atoms with Crippen LogP contribution in [0.25, 0.3) is 10.8 Å². The summed E-state index contributed by atoms with van der Waals surface area (Å²) in [4.78, 5) is 0. The lowest BCUT2D eigenvalue weighted by Gasteiger charge is -2.17. The molecule has 2 heteroatoms. The van der Waals surface area contributed by atoms with Crippen LogP contribution in [0.2, 0.25) is 0 Å². The predicted octanol–water partition coefficient (Wildman–Crippen LogP) is 5.21. The highest BCUT2D eigenvalue weighted by Gasteiger charge is 2.28. The molecule has 0 saturated heterocycles. The molecule has 0 aliphatic heterocycles. The quantitative estimate of drug-likeness (QED) is 0.681. The molecule has 0 nitrogen and oxygen atoms in total. The number of alkyl halides is 2. The zero-order chi connectivity index (χ0) is 13.0. The fraction of sp³-hybridized carbons (Fsp3) is 0.375. The number of rotatable bonds is 5. The van der Waals surface area contributed by atoms with Crippen LogP contribution in [-0.4, -0.2) is 5.92 Å². The summed E-state index contributed by atoms with van der Waals surface area (Å²) in [7, 11) is 0. The van der Waals surface area contributed by atoms with Crippen LogP contribution in [0.15, 0.2) is 42.5 Å². The minimum atomic E-state index is -2.60. The van der Waals surface area contributed by atoms with Crippen molar-refractivity contribution < 1.29 is 8.78 Å². The average molecular weight is 248 g/mol. The van der Waals surface area contributed by atoms with Crippen molar-refractivity contribution in [1.82, 2.24) is 0 Å². The van der Waals surface area contributed by atoms with Crippen molar-refractivity contribution >= 4 is 10.8 Å². The molecule has 0 amide bonds. The van der Waals surface area contributed by atoms with Crippen LogP contribution in [0.4, 0.5) is 8.78 Å². The standard InChI is InChI=1S/C16H18F2/c1-2-3-11-16(17,18)12-14-9-6-8-13-7-4-5-10-15(13)14/h4-10H,2-3,11-12H2,1H3. The van der Waals surface area contributed by atoms with E-state index in [0.29, 0.717) is 6.42 Å². The van der Waals surface area contributed by atoms with E-state index < -0.39 is 5.92 Å². The lowest BCUT2D eigenvalue weighted by atomic mass is 9.97. The van der Waals surface area contributed by atoms with Gasteiger partial charge in [0, 0.05) is 12.8 Å². The highest BCUT2D eigenvalue weighted by atomic mass is 19.3. The Morgan fingerprint density at radius 2 is 1.72 bits per heavy atom. The number of hydrogen-bond donors (Lipinski definition) is 0. The van der Waals surface area contributed by atoms with Gasteiger partial charge in [0.25, 0.3) is 5.92 Å². The van der Waals surface area contributed by atoms with E-state index in [1.54, 1.807) is 0 Å². The van der Waals surface area contributed by atoms with Crippen molar-refractivity contribution in [2.24, 2.45) is 0 Å². The Balaban J connectivity index is 2.26. The molecule has 0 aromatic heterocycles. The Labute approximate surface area is 107 Å². The zero-order valence-corrected chi connectivity index (χ0v) is 10.6. The monoisotopic (exact) mass is 248 g/mol. The highest BCUT2D eigenvalue weighted by molar-refractivity contribution is 5.85. The topological polar surface area (TPSA) is 0 Å². The van der Waals surface area contributed by atoms with Crippen LogP contribution in [0.5, 0.6) is 0 Å². The van der Waals surface area contributed by atoms with E-state index in [1.165, 1.54) is 0 Å². The van der Waals surface area contributed by atoms with Gasteiger partial charge in [0.1, 0.15) is 0 Å². The lowest BCUT2D eigenvalue weighted by Crippen LogP contribution is -2.19. The Morgan fingerprint density at radius 1 is 1.00 bits per heavy atom. The molecule has 0 fully saturated rings. The fourth-order valence-electron chi connectivity index (χ4n) is 2.25. The number of halogens is 2. The van der Waals surface area contributed by atoms with E-state index in [0.717, 1.165) is 22.8 Å². The summed E-state index contributed by atoms with van der Waals surface area (Å²) in [5.41, 5.74) is 0.745. The molecule has 2 rings (SSSR count). The second-order valence-corrected chi connectivity index (χ2v) is 4.77. The first-order chi connectivity index (χ1) is 8.62. The zero-order valence-electron chi connectivity index (χ0n) is 10.6. The summed E-state index contributed by atoms with van der Waals surface area (Å²) < 4.78 is 27.6. The summed E-state index contributed by atoms with van der Waals surface area (Å²) >= 11 is 0. The Bertz CT molecular complexity index is 512. The Hall–Kier alpha value is -1.44. The van der Waals surface area contributed by atoms with Gasteiger partial charge in [0.05, 0.1) is 0 Å². The average Bonchev–Trinajstić information content (AvgIpc) is 2.37. The van der Waals surface area contributed by atoms with E-state index in [2.05, 4.69) is 0 Å². The summed E-state index contributed by atoms with van der Waals surface area (Å²) in [6.45, 7) is 1.94. The van der Waals surface area contributed by atoms with Crippen LogP contribution in [0.3, 0.4) is 0 Å². The van der Waals surface area contributed by atoms with Crippen molar-refractivity contribution in [3.63, 3.8) is 0 Å². The molecule has 0 radical (unpaired) electrons. The molecule has 0 atom stereocenters. The van der Waals surface area contributed by atoms with Gasteiger partial charge in [-0.25, -0.2) is 8.78 Å². The maximum atomic E-state index is 13.8. The second kappa shape index (κ2) is 5.47. The normalized spacial score (nSPS) is 11.9. The summed E-state index contributed by atoms with van der Waals surface area (Å²) in [6.07, 6.45) is 1.21. The molecular formula is C16H18F2. The first kappa shape index (κ1) is 13.0. The molecule has 2 aromatic rings. The summed E-state index contributed by atoms with van der Waals surface area (Å²) in [6, 6.07) is 13.3. The lowest BCUT2D eigenvalue weighted by molar-refractivity contribution is -0.00878. The Kier molecular flexibility index (Phi) is 3.95. The molecule has 0 saturated carbocycles. The minimum absolute atomic E-state index is 0.0211. The van der Waals surface area contributed by atoms with Gasteiger partial charge in [-0.3, -0.25) is 0 Å². The first-order valence-corrected chi connectivity index (χ1v) is 6.47. The molecule has 0 bridgehead atoms. The van der Waals surface area contributed by atoms with Gasteiger partial charge in [-0.1, -0.05) is 55.8 Å². The van der Waals surface area contributed by atoms with E-state index >= 15 is 0 Å². The molecule has 0 heterocycles. The van der Waals surface area contributed by atoms with Gasteiger partial charge in [-0.15, -0.1) is 0 Å². The number of hydrogen-bond acceptors (Lipinski definition) is 0. The molecule has 96 valence electrons. The number of benzene rings is 2.